The third-order valence-corrected chi connectivity index (χ3v) is 5.27. The molecule has 1 N–H and O–H groups in total. The van der Waals surface area contributed by atoms with Crippen molar-refractivity contribution in [3.63, 3.8) is 0 Å². The van der Waals surface area contributed by atoms with Gasteiger partial charge in [0, 0.05) is 19.2 Å². The van der Waals surface area contributed by atoms with Crippen molar-refractivity contribution >= 4 is 17.4 Å². The fraction of sp³-hybridized carbons (Fsp3) is 0.385. The van der Waals surface area contributed by atoms with Crippen LogP contribution in [0, 0.1) is 0 Å². The molecule has 0 radical (unpaired) electrons. The summed E-state index contributed by atoms with van der Waals surface area (Å²) in [6, 6.07) is 15.0. The zero-order valence-corrected chi connectivity index (χ0v) is 19.7. The van der Waals surface area contributed by atoms with Gasteiger partial charge in [0.25, 0.3) is 0 Å². The van der Waals surface area contributed by atoms with Crippen molar-refractivity contribution in [3.8, 4) is 11.5 Å². The Morgan fingerprint density at radius 1 is 1.06 bits per heavy atom. The molecule has 0 bridgehead atoms. The molecule has 2 rings (SSSR count). The molecular formula is C26H33NO5. The molecule has 0 aliphatic heterocycles. The number of rotatable bonds is 10. The fourth-order valence-corrected chi connectivity index (χ4v) is 3.13. The molecule has 32 heavy (non-hydrogen) atoms. The molecule has 0 saturated heterocycles. The summed E-state index contributed by atoms with van der Waals surface area (Å²) in [5, 5.41) is 9.54. The number of benzene rings is 2. The van der Waals surface area contributed by atoms with Crippen LogP contribution in [0.3, 0.4) is 0 Å². The van der Waals surface area contributed by atoms with E-state index in [9.17, 15) is 14.7 Å². The van der Waals surface area contributed by atoms with Gasteiger partial charge in [0.2, 0.25) is 5.91 Å². The number of ether oxygens (including phenoxy) is 2. The van der Waals surface area contributed by atoms with Crippen molar-refractivity contribution in [2.24, 2.45) is 0 Å². The molecule has 0 aromatic heterocycles. The fourth-order valence-electron chi connectivity index (χ4n) is 3.13. The molecule has 1 amide bonds. The molecule has 0 aliphatic carbocycles. The van der Waals surface area contributed by atoms with E-state index >= 15 is 0 Å². The second-order valence-corrected chi connectivity index (χ2v) is 8.09. The van der Waals surface area contributed by atoms with E-state index in [2.05, 4.69) is 0 Å². The lowest BCUT2D eigenvalue weighted by atomic mass is 10.0. The minimum atomic E-state index is -1.46. The van der Waals surface area contributed by atoms with Gasteiger partial charge in [0.05, 0.1) is 0 Å². The Balaban J connectivity index is 2.42. The Morgan fingerprint density at radius 3 is 2.25 bits per heavy atom. The number of carboxylic acids is 1. The number of aliphatic carboxylic acids is 1. The Kier molecular flexibility index (Phi) is 8.47. The van der Waals surface area contributed by atoms with Crippen LogP contribution >= 0.6 is 0 Å². The third-order valence-electron chi connectivity index (χ3n) is 5.27. The van der Waals surface area contributed by atoms with Crippen LogP contribution in [-0.4, -0.2) is 40.6 Å². The normalized spacial score (nSPS) is 12.8. The van der Waals surface area contributed by atoms with Crippen LogP contribution in [0.2, 0.25) is 0 Å². The van der Waals surface area contributed by atoms with Gasteiger partial charge < -0.3 is 19.5 Å². The SMILES string of the molecule is CCN(CC)C(=O)/C=C(/C)c1ccc(OC(C)c2ccccc2)c(OC(C)(C)C(=O)O)c1. The van der Waals surface area contributed by atoms with E-state index in [0.29, 0.717) is 24.6 Å². The molecule has 0 saturated carbocycles. The predicted molar refractivity (Wildman–Crippen MR) is 126 cm³/mol. The first-order valence-electron chi connectivity index (χ1n) is 10.8. The molecule has 2 aromatic carbocycles. The predicted octanol–water partition coefficient (Wildman–Crippen LogP) is 5.34. The molecule has 0 heterocycles. The zero-order valence-electron chi connectivity index (χ0n) is 19.7. The summed E-state index contributed by atoms with van der Waals surface area (Å²) < 4.78 is 12.0. The molecule has 0 fully saturated rings. The Morgan fingerprint density at radius 2 is 1.69 bits per heavy atom. The van der Waals surface area contributed by atoms with Crippen LogP contribution in [0.5, 0.6) is 11.5 Å². The second kappa shape index (κ2) is 10.8. The van der Waals surface area contributed by atoms with Crippen LogP contribution in [-0.2, 0) is 9.59 Å². The highest BCUT2D eigenvalue weighted by molar-refractivity contribution is 5.95. The van der Waals surface area contributed by atoms with E-state index in [0.717, 1.165) is 16.7 Å². The van der Waals surface area contributed by atoms with E-state index in [1.165, 1.54) is 13.8 Å². The van der Waals surface area contributed by atoms with Crippen LogP contribution in [0.25, 0.3) is 5.57 Å². The van der Waals surface area contributed by atoms with Crippen LogP contribution in [0.4, 0.5) is 0 Å². The van der Waals surface area contributed by atoms with Gasteiger partial charge in [-0.1, -0.05) is 36.4 Å². The minimum Gasteiger partial charge on any atom is -0.482 e. The average Bonchev–Trinajstić information content (AvgIpc) is 2.76. The van der Waals surface area contributed by atoms with E-state index in [1.807, 2.05) is 64.1 Å². The summed E-state index contributed by atoms with van der Waals surface area (Å²) >= 11 is 0. The quantitative estimate of drug-likeness (QED) is 0.506. The number of amides is 1. The summed E-state index contributed by atoms with van der Waals surface area (Å²) in [7, 11) is 0. The number of hydrogen-bond acceptors (Lipinski definition) is 4. The van der Waals surface area contributed by atoms with Gasteiger partial charge >= 0.3 is 5.97 Å². The molecule has 172 valence electrons. The van der Waals surface area contributed by atoms with Gasteiger partial charge in [-0.3, -0.25) is 4.79 Å². The van der Waals surface area contributed by atoms with Crippen molar-refractivity contribution < 1.29 is 24.2 Å². The first kappa shape index (κ1) is 25.0. The van der Waals surface area contributed by atoms with Gasteiger partial charge in [0.15, 0.2) is 17.1 Å². The summed E-state index contributed by atoms with van der Waals surface area (Å²) in [6.45, 7) is 11.9. The van der Waals surface area contributed by atoms with Crippen LogP contribution in [0.15, 0.2) is 54.6 Å². The zero-order chi connectivity index (χ0) is 23.9. The maximum absolute atomic E-state index is 12.5. The van der Waals surface area contributed by atoms with Gasteiger partial charge in [-0.25, -0.2) is 4.79 Å². The number of carbonyl (C=O) groups excluding carboxylic acids is 1. The lowest BCUT2D eigenvalue weighted by molar-refractivity contribution is -0.152. The molecule has 0 aliphatic rings. The number of nitrogens with zero attached hydrogens (tertiary/aromatic N) is 1. The first-order chi connectivity index (χ1) is 15.1. The highest BCUT2D eigenvalue weighted by Gasteiger charge is 2.31. The molecule has 1 atom stereocenters. The number of carbonyl (C=O) groups is 2. The average molecular weight is 440 g/mol. The second-order valence-electron chi connectivity index (χ2n) is 8.09. The maximum atomic E-state index is 12.5. The summed E-state index contributed by atoms with van der Waals surface area (Å²) in [5.41, 5.74) is 1.03. The molecule has 6 nitrogen and oxygen atoms in total. The van der Waals surface area contributed by atoms with Crippen LogP contribution in [0.1, 0.15) is 58.8 Å². The van der Waals surface area contributed by atoms with Crippen molar-refractivity contribution in [1.82, 2.24) is 4.90 Å². The van der Waals surface area contributed by atoms with E-state index in [1.54, 1.807) is 23.1 Å². The highest BCUT2D eigenvalue weighted by Crippen LogP contribution is 2.36. The topological polar surface area (TPSA) is 76.1 Å². The molecular weight excluding hydrogens is 406 g/mol. The lowest BCUT2D eigenvalue weighted by Crippen LogP contribution is -2.38. The third kappa shape index (κ3) is 6.36. The summed E-state index contributed by atoms with van der Waals surface area (Å²) in [4.78, 5) is 25.9. The van der Waals surface area contributed by atoms with E-state index in [4.69, 9.17) is 9.47 Å². The molecule has 1 unspecified atom stereocenters. The van der Waals surface area contributed by atoms with Crippen molar-refractivity contribution in [2.75, 3.05) is 13.1 Å². The largest absolute Gasteiger partial charge is 0.482 e. The smallest absolute Gasteiger partial charge is 0.347 e. The molecule has 6 heteroatoms. The number of likely N-dealkylation sites (N-methyl/N-ethyl adjacent to an activating group) is 1. The lowest BCUT2D eigenvalue weighted by Gasteiger charge is -2.25. The van der Waals surface area contributed by atoms with E-state index in [-0.39, 0.29) is 12.0 Å². The number of carboxylic acid groups (broad SMARTS) is 1. The van der Waals surface area contributed by atoms with Gasteiger partial charge in [-0.05, 0) is 70.4 Å². The number of allylic oxidation sites excluding steroid dienone is 1. The summed E-state index contributed by atoms with van der Waals surface area (Å²) in [5.74, 6) is -0.421. The Hall–Kier alpha value is -3.28. The maximum Gasteiger partial charge on any atom is 0.347 e. The Bertz CT molecular complexity index is 961. The highest BCUT2D eigenvalue weighted by atomic mass is 16.6. The van der Waals surface area contributed by atoms with Crippen molar-refractivity contribution in [3.05, 3.63) is 65.7 Å². The van der Waals surface area contributed by atoms with Gasteiger partial charge in [0.1, 0.15) is 6.10 Å². The van der Waals surface area contributed by atoms with E-state index < -0.39 is 11.6 Å². The van der Waals surface area contributed by atoms with Gasteiger partial charge in [-0.15, -0.1) is 0 Å². The molecule has 0 spiro atoms. The molecule has 2 aromatic rings. The van der Waals surface area contributed by atoms with Crippen LogP contribution < -0.4 is 9.47 Å². The summed E-state index contributed by atoms with van der Waals surface area (Å²) in [6.07, 6.45) is 1.32. The number of hydrogen-bond donors (Lipinski definition) is 1. The Labute approximate surface area is 190 Å². The minimum absolute atomic E-state index is 0.0705. The first-order valence-corrected chi connectivity index (χ1v) is 10.8. The van der Waals surface area contributed by atoms with Crippen molar-refractivity contribution in [2.45, 2.75) is 53.2 Å². The van der Waals surface area contributed by atoms with Crippen molar-refractivity contribution in [1.29, 1.82) is 0 Å². The standard InChI is InChI=1S/C26H33NO5/c1-7-27(8-2)24(28)16-18(3)21-14-15-22(23(17-21)32-26(5,6)25(29)30)31-19(4)20-12-10-9-11-13-20/h9-17,19H,7-8H2,1-6H3,(H,29,30)/b18-16-. The van der Waals surface area contributed by atoms with Gasteiger partial charge in [-0.2, -0.15) is 0 Å². The monoisotopic (exact) mass is 439 g/mol.